The fourth-order valence-corrected chi connectivity index (χ4v) is 2.89. The van der Waals surface area contributed by atoms with Crippen molar-refractivity contribution in [2.75, 3.05) is 0 Å². The zero-order valence-electron chi connectivity index (χ0n) is 14.0. The predicted octanol–water partition coefficient (Wildman–Crippen LogP) is 5.19. The second-order valence-electron chi connectivity index (χ2n) is 6.06. The van der Waals surface area contributed by atoms with Gasteiger partial charge in [0, 0.05) is 16.8 Å². The molecule has 0 N–H and O–H groups in total. The molecule has 6 nitrogen and oxygen atoms in total. The summed E-state index contributed by atoms with van der Waals surface area (Å²) in [6.07, 6.45) is 0. The monoisotopic (exact) mass is 359 g/mol. The number of carbonyl (C=O) groups excluding carboxylic acids is 1. The lowest BCUT2D eigenvalue weighted by Crippen LogP contribution is -2.03. The van der Waals surface area contributed by atoms with Crippen LogP contribution in [0.15, 0.2) is 80.1 Å². The summed E-state index contributed by atoms with van der Waals surface area (Å²) in [5.74, 6) is 0.635. The molecule has 5 rings (SSSR count). The van der Waals surface area contributed by atoms with Crippen molar-refractivity contribution < 1.29 is 22.9 Å². The maximum Gasteiger partial charge on any atom is 0.374 e. The fourth-order valence-electron chi connectivity index (χ4n) is 2.89. The quantitative estimate of drug-likeness (QED) is 0.411. The van der Waals surface area contributed by atoms with Crippen molar-refractivity contribution in [2.45, 2.75) is 6.61 Å². The predicted molar refractivity (Wildman–Crippen MR) is 97.0 cm³/mol. The van der Waals surface area contributed by atoms with Crippen molar-refractivity contribution in [3.63, 3.8) is 0 Å². The summed E-state index contributed by atoms with van der Waals surface area (Å²) in [5, 5.41) is 5.75. The normalized spacial score (nSPS) is 11.3. The van der Waals surface area contributed by atoms with Crippen LogP contribution in [-0.2, 0) is 11.3 Å². The molecule has 132 valence electrons. The van der Waals surface area contributed by atoms with Gasteiger partial charge in [-0.3, -0.25) is 0 Å². The number of carbonyl (C=O) groups is 1. The van der Waals surface area contributed by atoms with Gasteiger partial charge in [0.2, 0.25) is 11.5 Å². The topological polar surface area (TPSA) is 78.6 Å². The van der Waals surface area contributed by atoms with E-state index in [9.17, 15) is 4.79 Å². The SMILES string of the molecule is O=C(OCc1cc(-c2cc3ccccc3o2)on1)c1cc2ccccc2o1. The van der Waals surface area contributed by atoms with Crippen LogP contribution in [0, 0.1) is 0 Å². The summed E-state index contributed by atoms with van der Waals surface area (Å²) >= 11 is 0. The van der Waals surface area contributed by atoms with Gasteiger partial charge in [0.25, 0.3) is 0 Å². The highest BCUT2D eigenvalue weighted by Gasteiger charge is 2.16. The Morgan fingerprint density at radius 1 is 0.852 bits per heavy atom. The molecule has 2 aromatic carbocycles. The molecule has 5 aromatic rings. The van der Waals surface area contributed by atoms with E-state index in [0.29, 0.717) is 22.8 Å². The van der Waals surface area contributed by atoms with Gasteiger partial charge in [-0.05, 0) is 24.3 Å². The first-order valence-corrected chi connectivity index (χ1v) is 8.36. The molecular formula is C21H13NO5. The molecular weight excluding hydrogens is 346 g/mol. The van der Waals surface area contributed by atoms with Crippen LogP contribution < -0.4 is 0 Å². The number of nitrogens with zero attached hydrogens (tertiary/aromatic N) is 1. The van der Waals surface area contributed by atoms with Gasteiger partial charge in [-0.1, -0.05) is 41.6 Å². The molecule has 3 aromatic heterocycles. The van der Waals surface area contributed by atoms with E-state index in [1.54, 1.807) is 18.2 Å². The van der Waals surface area contributed by atoms with E-state index < -0.39 is 5.97 Å². The molecule has 0 unspecified atom stereocenters. The summed E-state index contributed by atoms with van der Waals surface area (Å²) in [6.45, 7) is -0.0282. The number of ether oxygens (including phenoxy) is 1. The van der Waals surface area contributed by atoms with Gasteiger partial charge in [0.1, 0.15) is 23.5 Å². The number of fused-ring (bicyclic) bond motifs is 2. The molecule has 0 radical (unpaired) electrons. The van der Waals surface area contributed by atoms with E-state index in [4.69, 9.17) is 18.1 Å². The van der Waals surface area contributed by atoms with Crippen LogP contribution in [0.1, 0.15) is 16.2 Å². The molecule has 27 heavy (non-hydrogen) atoms. The van der Waals surface area contributed by atoms with Crippen LogP contribution in [-0.4, -0.2) is 11.1 Å². The number of esters is 1. The van der Waals surface area contributed by atoms with Crippen molar-refractivity contribution in [3.05, 3.63) is 78.2 Å². The van der Waals surface area contributed by atoms with Crippen molar-refractivity contribution in [1.82, 2.24) is 5.16 Å². The lowest BCUT2D eigenvalue weighted by Gasteiger charge is -1.98. The Hall–Kier alpha value is -3.80. The Labute approximate surface area is 152 Å². The number of aromatic nitrogens is 1. The Balaban J connectivity index is 1.31. The largest absolute Gasteiger partial charge is 0.453 e. The maximum absolute atomic E-state index is 12.2. The highest BCUT2D eigenvalue weighted by molar-refractivity contribution is 5.92. The summed E-state index contributed by atoms with van der Waals surface area (Å²) in [5.41, 5.74) is 1.88. The minimum absolute atomic E-state index is 0.0282. The van der Waals surface area contributed by atoms with Gasteiger partial charge in [-0.2, -0.15) is 0 Å². The number of rotatable bonds is 4. The molecule has 0 saturated heterocycles. The van der Waals surface area contributed by atoms with Gasteiger partial charge in [0.15, 0.2) is 5.76 Å². The third kappa shape index (κ3) is 2.87. The maximum atomic E-state index is 12.2. The van der Waals surface area contributed by atoms with Crippen molar-refractivity contribution in [3.8, 4) is 11.5 Å². The molecule has 3 heterocycles. The van der Waals surface area contributed by atoms with E-state index in [0.717, 1.165) is 16.4 Å². The molecule has 0 aliphatic heterocycles. The summed E-state index contributed by atoms with van der Waals surface area (Å²) in [6, 6.07) is 20.3. The summed E-state index contributed by atoms with van der Waals surface area (Å²) < 4.78 is 21.8. The Morgan fingerprint density at radius 2 is 1.56 bits per heavy atom. The molecule has 0 aliphatic rings. The first-order chi connectivity index (χ1) is 13.3. The fraction of sp³-hybridized carbons (Fsp3) is 0.0476. The zero-order chi connectivity index (χ0) is 18.2. The number of furan rings is 2. The molecule has 6 heteroatoms. The molecule has 0 amide bonds. The first-order valence-electron chi connectivity index (χ1n) is 8.36. The second-order valence-corrected chi connectivity index (χ2v) is 6.06. The van der Waals surface area contributed by atoms with Crippen molar-refractivity contribution >= 4 is 27.9 Å². The van der Waals surface area contributed by atoms with E-state index in [2.05, 4.69) is 5.16 Å². The average Bonchev–Trinajstić information content (AvgIpc) is 3.42. The van der Waals surface area contributed by atoms with Crippen LogP contribution in [0.25, 0.3) is 33.5 Å². The smallest absolute Gasteiger partial charge is 0.374 e. The second kappa shape index (κ2) is 6.17. The minimum atomic E-state index is -0.556. The number of hydrogen-bond donors (Lipinski definition) is 0. The lowest BCUT2D eigenvalue weighted by molar-refractivity contribution is 0.0430. The van der Waals surface area contributed by atoms with Crippen LogP contribution in [0.2, 0.25) is 0 Å². The molecule has 0 spiro atoms. The minimum Gasteiger partial charge on any atom is -0.453 e. The van der Waals surface area contributed by atoms with Crippen molar-refractivity contribution in [2.24, 2.45) is 0 Å². The third-order valence-electron chi connectivity index (χ3n) is 4.21. The highest BCUT2D eigenvalue weighted by Crippen LogP contribution is 2.28. The van der Waals surface area contributed by atoms with Crippen molar-refractivity contribution in [1.29, 1.82) is 0 Å². The Bertz CT molecular complexity index is 1190. The van der Waals surface area contributed by atoms with Gasteiger partial charge in [0.05, 0.1) is 0 Å². The number of para-hydroxylation sites is 2. The molecule has 0 bridgehead atoms. The van der Waals surface area contributed by atoms with E-state index in [-0.39, 0.29) is 12.4 Å². The molecule has 0 aliphatic carbocycles. The first kappa shape index (κ1) is 15.5. The number of benzene rings is 2. The Morgan fingerprint density at radius 3 is 2.30 bits per heavy atom. The standard InChI is InChI=1S/C21H13NO5/c23-21(20-10-14-6-2-4-8-17(14)26-20)24-12-15-11-19(27-22-15)18-9-13-5-1-3-7-16(13)25-18/h1-11H,12H2. The zero-order valence-corrected chi connectivity index (χ0v) is 14.0. The van der Waals surface area contributed by atoms with E-state index >= 15 is 0 Å². The summed E-state index contributed by atoms with van der Waals surface area (Å²) in [4.78, 5) is 12.2. The van der Waals surface area contributed by atoms with Crippen LogP contribution in [0.3, 0.4) is 0 Å². The number of hydrogen-bond acceptors (Lipinski definition) is 6. The van der Waals surface area contributed by atoms with Crippen LogP contribution >= 0.6 is 0 Å². The van der Waals surface area contributed by atoms with Crippen LogP contribution in [0.4, 0.5) is 0 Å². The highest BCUT2D eigenvalue weighted by atomic mass is 16.5. The molecule has 0 fully saturated rings. The van der Waals surface area contributed by atoms with Gasteiger partial charge in [-0.25, -0.2) is 4.79 Å². The van der Waals surface area contributed by atoms with Gasteiger partial charge >= 0.3 is 5.97 Å². The third-order valence-corrected chi connectivity index (χ3v) is 4.21. The molecule has 0 atom stereocenters. The average molecular weight is 359 g/mol. The summed E-state index contributed by atoms with van der Waals surface area (Å²) in [7, 11) is 0. The lowest BCUT2D eigenvalue weighted by atomic mass is 10.2. The van der Waals surface area contributed by atoms with Crippen LogP contribution in [0.5, 0.6) is 0 Å². The molecule has 0 saturated carbocycles. The Kier molecular flexibility index (Phi) is 3.53. The van der Waals surface area contributed by atoms with Gasteiger partial charge < -0.3 is 18.1 Å². The van der Waals surface area contributed by atoms with E-state index in [1.807, 2.05) is 48.5 Å². The van der Waals surface area contributed by atoms with E-state index in [1.165, 1.54) is 0 Å². The van der Waals surface area contributed by atoms with Gasteiger partial charge in [-0.15, -0.1) is 0 Å².